The van der Waals surface area contributed by atoms with Crippen molar-refractivity contribution in [2.45, 2.75) is 6.92 Å². The third kappa shape index (κ3) is 2.23. The zero-order valence-corrected chi connectivity index (χ0v) is 9.49. The molecule has 16 heavy (non-hydrogen) atoms. The van der Waals surface area contributed by atoms with Gasteiger partial charge in [-0.1, -0.05) is 23.7 Å². The molecular weight excluding hydrogens is 224 g/mol. The number of aromatic nitrogens is 2. The Hall–Kier alpha value is -1.81. The van der Waals surface area contributed by atoms with E-state index in [4.69, 9.17) is 17.3 Å². The van der Waals surface area contributed by atoms with E-state index in [1.165, 1.54) is 0 Å². The van der Waals surface area contributed by atoms with E-state index in [0.29, 0.717) is 10.8 Å². The summed E-state index contributed by atoms with van der Waals surface area (Å²) in [6, 6.07) is 7.45. The molecule has 1 aromatic heterocycles. The Labute approximate surface area is 98.5 Å². The van der Waals surface area contributed by atoms with Crippen LogP contribution in [-0.2, 0) is 0 Å². The Balaban J connectivity index is 2.34. The van der Waals surface area contributed by atoms with E-state index in [0.717, 1.165) is 11.3 Å². The summed E-state index contributed by atoms with van der Waals surface area (Å²) in [5, 5.41) is 3.76. The van der Waals surface area contributed by atoms with Crippen LogP contribution in [0.4, 0.5) is 17.5 Å². The van der Waals surface area contributed by atoms with Crippen LogP contribution in [-0.4, -0.2) is 9.97 Å². The summed E-state index contributed by atoms with van der Waals surface area (Å²) in [5.74, 6) is 0.903. The van der Waals surface area contributed by atoms with Crippen LogP contribution in [0.15, 0.2) is 30.5 Å². The average Bonchev–Trinajstić information content (AvgIpc) is 2.27. The Morgan fingerprint density at radius 1 is 1.31 bits per heavy atom. The highest BCUT2D eigenvalue weighted by Gasteiger charge is 2.04. The molecular formula is C11H11ClN4. The second kappa shape index (κ2) is 4.37. The zero-order chi connectivity index (χ0) is 11.5. The van der Waals surface area contributed by atoms with Gasteiger partial charge in [0, 0.05) is 11.8 Å². The number of nitrogen functional groups attached to an aromatic ring is 1. The number of halogens is 1. The maximum absolute atomic E-state index is 6.03. The van der Waals surface area contributed by atoms with Gasteiger partial charge in [-0.05, 0) is 19.1 Å². The minimum Gasteiger partial charge on any atom is -0.368 e. The van der Waals surface area contributed by atoms with Gasteiger partial charge < -0.3 is 11.1 Å². The van der Waals surface area contributed by atoms with Crippen LogP contribution in [0.5, 0.6) is 0 Å². The molecule has 0 fully saturated rings. The van der Waals surface area contributed by atoms with Crippen LogP contribution in [0.25, 0.3) is 0 Å². The lowest BCUT2D eigenvalue weighted by molar-refractivity contribution is 1.15. The molecule has 0 radical (unpaired) electrons. The van der Waals surface area contributed by atoms with E-state index in [1.54, 1.807) is 6.20 Å². The highest BCUT2D eigenvalue weighted by atomic mass is 35.5. The van der Waals surface area contributed by atoms with E-state index < -0.39 is 0 Å². The lowest BCUT2D eigenvalue weighted by Gasteiger charge is -2.09. The number of nitrogens with one attached hydrogen (secondary N) is 1. The van der Waals surface area contributed by atoms with E-state index in [-0.39, 0.29) is 5.95 Å². The third-order valence-corrected chi connectivity index (χ3v) is 2.45. The molecule has 4 nitrogen and oxygen atoms in total. The number of benzene rings is 1. The van der Waals surface area contributed by atoms with Crippen molar-refractivity contribution in [2.75, 3.05) is 11.1 Å². The molecule has 0 atom stereocenters. The number of para-hydroxylation sites is 1. The molecule has 0 aliphatic rings. The molecule has 0 amide bonds. The topological polar surface area (TPSA) is 63.8 Å². The Morgan fingerprint density at radius 3 is 2.81 bits per heavy atom. The molecule has 0 saturated carbocycles. The number of aryl methyl sites for hydroxylation is 1. The Morgan fingerprint density at radius 2 is 2.06 bits per heavy atom. The summed E-state index contributed by atoms with van der Waals surface area (Å²) in [6.07, 6.45) is 1.67. The maximum Gasteiger partial charge on any atom is 0.221 e. The van der Waals surface area contributed by atoms with Crippen molar-refractivity contribution in [3.8, 4) is 0 Å². The monoisotopic (exact) mass is 234 g/mol. The van der Waals surface area contributed by atoms with E-state index >= 15 is 0 Å². The number of nitrogens with two attached hydrogens (primary N) is 1. The van der Waals surface area contributed by atoms with Crippen LogP contribution in [0, 0.1) is 6.92 Å². The normalized spacial score (nSPS) is 10.1. The Kier molecular flexibility index (Phi) is 2.92. The van der Waals surface area contributed by atoms with Crippen LogP contribution in [0.3, 0.4) is 0 Å². The molecule has 2 rings (SSSR count). The van der Waals surface area contributed by atoms with Gasteiger partial charge in [-0.3, -0.25) is 0 Å². The van der Waals surface area contributed by atoms with Crippen molar-refractivity contribution in [1.82, 2.24) is 9.97 Å². The van der Waals surface area contributed by atoms with E-state index in [9.17, 15) is 0 Å². The van der Waals surface area contributed by atoms with Crippen molar-refractivity contribution >= 4 is 29.1 Å². The molecule has 0 unspecified atom stereocenters. The number of rotatable bonds is 2. The fourth-order valence-electron chi connectivity index (χ4n) is 1.27. The minimum absolute atomic E-state index is 0.236. The highest BCUT2D eigenvalue weighted by molar-refractivity contribution is 6.33. The molecule has 2 aromatic rings. The van der Waals surface area contributed by atoms with Crippen LogP contribution in [0.1, 0.15) is 5.56 Å². The second-order valence-corrected chi connectivity index (χ2v) is 3.77. The van der Waals surface area contributed by atoms with Gasteiger partial charge in [0.25, 0.3) is 0 Å². The van der Waals surface area contributed by atoms with Gasteiger partial charge in [-0.15, -0.1) is 0 Å². The Bertz CT molecular complexity index is 513. The van der Waals surface area contributed by atoms with Crippen molar-refractivity contribution in [3.63, 3.8) is 0 Å². The molecule has 1 heterocycles. The minimum atomic E-state index is 0.236. The van der Waals surface area contributed by atoms with Crippen molar-refractivity contribution < 1.29 is 0 Å². The van der Waals surface area contributed by atoms with Gasteiger partial charge in [-0.2, -0.15) is 4.98 Å². The largest absolute Gasteiger partial charge is 0.368 e. The smallest absolute Gasteiger partial charge is 0.221 e. The first-order valence-electron chi connectivity index (χ1n) is 4.77. The lowest BCUT2D eigenvalue weighted by Crippen LogP contribution is -2.02. The van der Waals surface area contributed by atoms with E-state index in [1.807, 2.05) is 31.2 Å². The standard InChI is InChI=1S/C11H11ClN4/c1-7-6-14-11(13)16-10(7)15-9-5-3-2-4-8(9)12/h2-6H,1H3,(H3,13,14,15,16). The fraction of sp³-hybridized carbons (Fsp3) is 0.0909. The van der Waals surface area contributed by atoms with Crippen molar-refractivity contribution in [1.29, 1.82) is 0 Å². The predicted molar refractivity (Wildman–Crippen MR) is 65.9 cm³/mol. The number of hydrogen-bond donors (Lipinski definition) is 2. The summed E-state index contributed by atoms with van der Waals surface area (Å²) in [7, 11) is 0. The predicted octanol–water partition coefficient (Wildman–Crippen LogP) is 2.76. The highest BCUT2D eigenvalue weighted by Crippen LogP contribution is 2.25. The van der Waals surface area contributed by atoms with Crippen LogP contribution < -0.4 is 11.1 Å². The summed E-state index contributed by atoms with van der Waals surface area (Å²) in [6.45, 7) is 1.90. The average molecular weight is 235 g/mol. The van der Waals surface area contributed by atoms with Gasteiger partial charge in [0.15, 0.2) is 0 Å². The maximum atomic E-state index is 6.03. The summed E-state index contributed by atoms with van der Waals surface area (Å²) in [5.41, 5.74) is 7.23. The van der Waals surface area contributed by atoms with Gasteiger partial charge in [0.2, 0.25) is 5.95 Å². The SMILES string of the molecule is Cc1cnc(N)nc1Nc1ccccc1Cl. The summed E-state index contributed by atoms with van der Waals surface area (Å²) < 4.78 is 0. The van der Waals surface area contributed by atoms with Crippen molar-refractivity contribution in [2.24, 2.45) is 0 Å². The first-order valence-corrected chi connectivity index (χ1v) is 5.15. The molecule has 1 aromatic carbocycles. The first kappa shape index (κ1) is 10.7. The van der Waals surface area contributed by atoms with Gasteiger partial charge in [0.05, 0.1) is 10.7 Å². The first-order chi connectivity index (χ1) is 7.66. The lowest BCUT2D eigenvalue weighted by atomic mass is 10.3. The zero-order valence-electron chi connectivity index (χ0n) is 8.74. The summed E-state index contributed by atoms with van der Waals surface area (Å²) >= 11 is 6.03. The number of hydrogen-bond acceptors (Lipinski definition) is 4. The van der Waals surface area contributed by atoms with Gasteiger partial charge in [0.1, 0.15) is 5.82 Å². The molecule has 0 saturated heterocycles. The molecule has 0 aliphatic heterocycles. The van der Waals surface area contributed by atoms with Crippen LogP contribution >= 0.6 is 11.6 Å². The molecule has 0 bridgehead atoms. The molecule has 5 heteroatoms. The fourth-order valence-corrected chi connectivity index (χ4v) is 1.46. The summed E-state index contributed by atoms with van der Waals surface area (Å²) in [4.78, 5) is 8.00. The number of nitrogens with zero attached hydrogens (tertiary/aromatic N) is 2. The van der Waals surface area contributed by atoms with Crippen molar-refractivity contribution in [3.05, 3.63) is 41.0 Å². The number of anilines is 3. The molecule has 82 valence electrons. The molecule has 3 N–H and O–H groups in total. The van der Waals surface area contributed by atoms with E-state index in [2.05, 4.69) is 15.3 Å². The molecule has 0 spiro atoms. The third-order valence-electron chi connectivity index (χ3n) is 2.12. The van der Waals surface area contributed by atoms with Crippen LogP contribution in [0.2, 0.25) is 5.02 Å². The molecule has 0 aliphatic carbocycles. The quantitative estimate of drug-likeness (QED) is 0.839. The van der Waals surface area contributed by atoms with Gasteiger partial charge in [-0.25, -0.2) is 4.98 Å². The van der Waals surface area contributed by atoms with Gasteiger partial charge >= 0.3 is 0 Å². The second-order valence-electron chi connectivity index (χ2n) is 3.36.